The number of anilines is 1. The van der Waals surface area contributed by atoms with Crippen molar-refractivity contribution in [3.8, 4) is 0 Å². The first-order valence-electron chi connectivity index (χ1n) is 4.53. The summed E-state index contributed by atoms with van der Waals surface area (Å²) in [5.41, 5.74) is 6.31. The van der Waals surface area contributed by atoms with Gasteiger partial charge in [0.15, 0.2) is 0 Å². The Morgan fingerprint density at radius 3 is 2.83 bits per heavy atom. The zero-order valence-electron chi connectivity index (χ0n) is 7.55. The molecule has 68 valence electrons. The molecule has 0 radical (unpaired) electrons. The van der Waals surface area contributed by atoms with Crippen LogP contribution in [-0.4, -0.2) is 4.98 Å². The number of hydrogen-bond donors (Lipinski definition) is 1. The highest BCUT2D eigenvalue weighted by Crippen LogP contribution is 2.08. The molecule has 0 aliphatic heterocycles. The maximum Gasteiger partial charge on any atom is 0.292 e. The fourth-order valence-electron chi connectivity index (χ4n) is 1.17. The van der Waals surface area contributed by atoms with Crippen molar-refractivity contribution in [2.45, 2.75) is 39.0 Å². The summed E-state index contributed by atoms with van der Waals surface area (Å²) in [6, 6.07) is 0.278. The summed E-state index contributed by atoms with van der Waals surface area (Å²) in [6.07, 6.45) is 7.64. The van der Waals surface area contributed by atoms with E-state index < -0.39 is 0 Å². The third kappa shape index (κ3) is 2.95. The third-order valence-electron chi connectivity index (χ3n) is 1.86. The highest BCUT2D eigenvalue weighted by molar-refractivity contribution is 5.12. The van der Waals surface area contributed by atoms with E-state index in [1.54, 1.807) is 6.26 Å². The normalized spacial score (nSPS) is 10.4. The lowest BCUT2D eigenvalue weighted by atomic mass is 10.1. The summed E-state index contributed by atoms with van der Waals surface area (Å²) in [5.74, 6) is 0. The van der Waals surface area contributed by atoms with Crippen molar-refractivity contribution < 1.29 is 4.42 Å². The molecule has 0 saturated carbocycles. The lowest BCUT2D eigenvalue weighted by Gasteiger charge is -1.94. The van der Waals surface area contributed by atoms with Crippen LogP contribution in [0.4, 0.5) is 6.01 Å². The molecule has 12 heavy (non-hydrogen) atoms. The van der Waals surface area contributed by atoms with Gasteiger partial charge >= 0.3 is 0 Å². The molecule has 0 aromatic carbocycles. The Kier molecular flexibility index (Phi) is 3.64. The molecule has 0 saturated heterocycles. The molecule has 0 unspecified atom stereocenters. The predicted molar refractivity (Wildman–Crippen MR) is 48.8 cm³/mol. The number of nitrogen functional groups attached to an aromatic ring is 1. The highest BCUT2D eigenvalue weighted by atomic mass is 16.4. The lowest BCUT2D eigenvalue weighted by molar-refractivity contribution is 0.576. The van der Waals surface area contributed by atoms with Crippen molar-refractivity contribution >= 4 is 6.01 Å². The first-order chi connectivity index (χ1) is 5.83. The van der Waals surface area contributed by atoms with E-state index in [-0.39, 0.29) is 6.01 Å². The van der Waals surface area contributed by atoms with E-state index in [4.69, 9.17) is 10.2 Å². The van der Waals surface area contributed by atoms with Gasteiger partial charge in [-0.15, -0.1) is 0 Å². The number of rotatable bonds is 5. The van der Waals surface area contributed by atoms with E-state index in [1.165, 1.54) is 25.7 Å². The molecule has 1 rings (SSSR count). The summed E-state index contributed by atoms with van der Waals surface area (Å²) in [5, 5.41) is 0. The van der Waals surface area contributed by atoms with Crippen molar-refractivity contribution in [2.24, 2.45) is 0 Å². The summed E-state index contributed by atoms with van der Waals surface area (Å²) < 4.78 is 4.89. The van der Waals surface area contributed by atoms with Crippen LogP contribution < -0.4 is 5.73 Å². The minimum absolute atomic E-state index is 0.278. The van der Waals surface area contributed by atoms with Crippen LogP contribution in [0.25, 0.3) is 0 Å². The quantitative estimate of drug-likeness (QED) is 0.687. The first kappa shape index (κ1) is 9.10. The van der Waals surface area contributed by atoms with Crippen molar-refractivity contribution in [3.63, 3.8) is 0 Å². The molecule has 1 aromatic rings. The Morgan fingerprint density at radius 1 is 1.42 bits per heavy atom. The molecule has 1 heterocycles. The molecule has 0 atom stereocenters. The maximum absolute atomic E-state index is 5.33. The van der Waals surface area contributed by atoms with Crippen LogP contribution in [0.15, 0.2) is 10.7 Å². The number of unbranched alkanes of at least 4 members (excludes halogenated alkanes) is 3. The van der Waals surface area contributed by atoms with Crippen LogP contribution in [0.5, 0.6) is 0 Å². The van der Waals surface area contributed by atoms with Crippen molar-refractivity contribution in [2.75, 3.05) is 5.73 Å². The van der Waals surface area contributed by atoms with Gasteiger partial charge in [0.2, 0.25) is 0 Å². The van der Waals surface area contributed by atoms with Crippen LogP contribution in [-0.2, 0) is 6.42 Å². The van der Waals surface area contributed by atoms with Gasteiger partial charge in [-0.3, -0.25) is 0 Å². The van der Waals surface area contributed by atoms with Gasteiger partial charge in [0, 0.05) is 0 Å². The molecule has 0 spiro atoms. The fourth-order valence-corrected chi connectivity index (χ4v) is 1.17. The molecular formula is C9H16N2O. The van der Waals surface area contributed by atoms with Crippen LogP contribution in [0, 0.1) is 0 Å². The van der Waals surface area contributed by atoms with Crippen LogP contribution >= 0.6 is 0 Å². The second-order valence-corrected chi connectivity index (χ2v) is 2.99. The monoisotopic (exact) mass is 168 g/mol. The first-order valence-corrected chi connectivity index (χ1v) is 4.53. The average Bonchev–Trinajstić information content (AvgIpc) is 2.45. The number of oxazole rings is 1. The summed E-state index contributed by atoms with van der Waals surface area (Å²) in [7, 11) is 0. The number of nitrogens with two attached hydrogens (primary N) is 1. The Hall–Kier alpha value is -0.990. The van der Waals surface area contributed by atoms with Gasteiger partial charge in [-0.2, -0.15) is 4.98 Å². The zero-order chi connectivity index (χ0) is 8.81. The highest BCUT2D eigenvalue weighted by Gasteiger charge is 1.98. The van der Waals surface area contributed by atoms with Gasteiger partial charge in [-0.05, 0) is 12.8 Å². The Bertz CT molecular complexity index is 220. The number of nitrogens with zero attached hydrogens (tertiary/aromatic N) is 1. The van der Waals surface area contributed by atoms with Crippen molar-refractivity contribution in [1.82, 2.24) is 4.98 Å². The van der Waals surface area contributed by atoms with Crippen LogP contribution in [0.2, 0.25) is 0 Å². The maximum atomic E-state index is 5.33. The molecule has 1 aromatic heterocycles. The van der Waals surface area contributed by atoms with E-state index >= 15 is 0 Å². The predicted octanol–water partition coefficient (Wildman–Crippen LogP) is 2.38. The largest absolute Gasteiger partial charge is 0.432 e. The summed E-state index contributed by atoms with van der Waals surface area (Å²) in [6.45, 7) is 2.20. The van der Waals surface area contributed by atoms with Crippen LogP contribution in [0.3, 0.4) is 0 Å². The SMILES string of the molecule is CCCCCCc1coc(N)n1. The second-order valence-electron chi connectivity index (χ2n) is 2.99. The van der Waals surface area contributed by atoms with Gasteiger partial charge in [0.25, 0.3) is 6.01 Å². The average molecular weight is 168 g/mol. The Labute approximate surface area is 73.0 Å². The lowest BCUT2D eigenvalue weighted by Crippen LogP contribution is -1.88. The van der Waals surface area contributed by atoms with E-state index in [9.17, 15) is 0 Å². The van der Waals surface area contributed by atoms with E-state index in [2.05, 4.69) is 11.9 Å². The topological polar surface area (TPSA) is 52.0 Å². The van der Waals surface area contributed by atoms with E-state index in [0.29, 0.717) is 0 Å². The molecule has 3 nitrogen and oxygen atoms in total. The van der Waals surface area contributed by atoms with Gasteiger partial charge in [-0.1, -0.05) is 26.2 Å². The molecule has 0 fully saturated rings. The van der Waals surface area contributed by atoms with E-state index in [1.807, 2.05) is 0 Å². The third-order valence-corrected chi connectivity index (χ3v) is 1.86. The van der Waals surface area contributed by atoms with Crippen LogP contribution in [0.1, 0.15) is 38.3 Å². The fraction of sp³-hybridized carbons (Fsp3) is 0.667. The number of hydrogen-bond acceptors (Lipinski definition) is 3. The Balaban J connectivity index is 2.15. The van der Waals surface area contributed by atoms with Gasteiger partial charge in [0.05, 0.1) is 5.69 Å². The second kappa shape index (κ2) is 4.80. The molecule has 0 aliphatic carbocycles. The van der Waals surface area contributed by atoms with Gasteiger partial charge in [0.1, 0.15) is 6.26 Å². The van der Waals surface area contributed by atoms with Crippen molar-refractivity contribution in [3.05, 3.63) is 12.0 Å². The summed E-state index contributed by atoms with van der Waals surface area (Å²) >= 11 is 0. The smallest absolute Gasteiger partial charge is 0.292 e. The number of aryl methyl sites for hydroxylation is 1. The Morgan fingerprint density at radius 2 is 2.25 bits per heavy atom. The van der Waals surface area contributed by atoms with E-state index in [0.717, 1.165) is 12.1 Å². The standard InChI is InChI=1S/C9H16N2O/c1-2-3-4-5-6-8-7-12-9(10)11-8/h7H,2-6H2,1H3,(H2,10,11). The minimum Gasteiger partial charge on any atom is -0.432 e. The van der Waals surface area contributed by atoms with Gasteiger partial charge in [-0.25, -0.2) is 0 Å². The molecular weight excluding hydrogens is 152 g/mol. The zero-order valence-corrected chi connectivity index (χ0v) is 7.55. The van der Waals surface area contributed by atoms with Gasteiger partial charge < -0.3 is 10.2 Å². The summed E-state index contributed by atoms with van der Waals surface area (Å²) in [4.78, 5) is 4.02. The molecule has 0 bridgehead atoms. The molecule has 2 N–H and O–H groups in total. The molecule has 3 heteroatoms. The number of aromatic nitrogens is 1. The minimum atomic E-state index is 0.278. The molecule has 0 aliphatic rings. The molecule has 0 amide bonds. The van der Waals surface area contributed by atoms with Crippen molar-refractivity contribution in [1.29, 1.82) is 0 Å².